The Hall–Kier alpha value is -0.0800. The zero-order valence-electron chi connectivity index (χ0n) is 8.74. The molecule has 1 aliphatic carbocycles. The van der Waals surface area contributed by atoms with Crippen LogP contribution in [0.4, 0.5) is 0 Å². The number of hydrogen-bond acceptors (Lipinski definition) is 2. The molecule has 1 heterocycles. The van der Waals surface area contributed by atoms with Gasteiger partial charge in [-0.1, -0.05) is 6.92 Å². The molecule has 1 N–H and O–H groups in total. The first-order valence-corrected chi connectivity index (χ1v) is 5.59. The van der Waals surface area contributed by atoms with E-state index in [1.54, 1.807) is 0 Å². The van der Waals surface area contributed by atoms with Crippen LogP contribution in [-0.2, 0) is 0 Å². The number of piperidine rings is 1. The molecule has 2 fully saturated rings. The van der Waals surface area contributed by atoms with Crippen molar-refractivity contribution in [3.8, 4) is 0 Å². The minimum Gasteiger partial charge on any atom is -0.392 e. The van der Waals surface area contributed by atoms with E-state index in [1.807, 2.05) is 0 Å². The molecule has 13 heavy (non-hydrogen) atoms. The third-order valence-electron chi connectivity index (χ3n) is 3.73. The van der Waals surface area contributed by atoms with E-state index in [0.29, 0.717) is 6.04 Å². The molecule has 0 bridgehead atoms. The number of aliphatic hydroxyl groups is 1. The maximum Gasteiger partial charge on any atom is 0.0667 e. The molecule has 2 heteroatoms. The third-order valence-corrected chi connectivity index (χ3v) is 3.73. The smallest absolute Gasteiger partial charge is 0.0667 e. The molecule has 0 aromatic heterocycles. The van der Waals surface area contributed by atoms with Gasteiger partial charge >= 0.3 is 0 Å². The average molecular weight is 183 g/mol. The van der Waals surface area contributed by atoms with Gasteiger partial charge in [0.1, 0.15) is 0 Å². The fourth-order valence-electron chi connectivity index (χ4n) is 2.37. The molecular weight excluding hydrogens is 162 g/mol. The summed E-state index contributed by atoms with van der Waals surface area (Å²) in [5.74, 6) is 1.86. The van der Waals surface area contributed by atoms with Crippen LogP contribution in [0.25, 0.3) is 0 Å². The van der Waals surface area contributed by atoms with E-state index in [9.17, 15) is 5.11 Å². The van der Waals surface area contributed by atoms with Crippen LogP contribution >= 0.6 is 0 Å². The Morgan fingerprint density at radius 2 is 2.00 bits per heavy atom. The fourth-order valence-corrected chi connectivity index (χ4v) is 2.37. The highest BCUT2D eigenvalue weighted by molar-refractivity contribution is 4.88. The Labute approximate surface area is 80.9 Å². The monoisotopic (exact) mass is 183 g/mol. The second-order valence-electron chi connectivity index (χ2n) is 5.01. The lowest BCUT2D eigenvalue weighted by molar-refractivity contribution is 0.0378. The van der Waals surface area contributed by atoms with Crippen molar-refractivity contribution in [2.45, 2.75) is 45.3 Å². The summed E-state index contributed by atoms with van der Waals surface area (Å²) in [5, 5.41) is 9.55. The second kappa shape index (κ2) is 3.58. The summed E-state index contributed by atoms with van der Waals surface area (Å²) < 4.78 is 0. The summed E-state index contributed by atoms with van der Waals surface area (Å²) in [5.41, 5.74) is 0. The van der Waals surface area contributed by atoms with Gasteiger partial charge in [0.05, 0.1) is 6.10 Å². The van der Waals surface area contributed by atoms with Crippen LogP contribution in [0.15, 0.2) is 0 Å². The van der Waals surface area contributed by atoms with E-state index in [4.69, 9.17) is 0 Å². The van der Waals surface area contributed by atoms with E-state index in [2.05, 4.69) is 18.7 Å². The van der Waals surface area contributed by atoms with Gasteiger partial charge in [-0.25, -0.2) is 0 Å². The Morgan fingerprint density at radius 1 is 1.31 bits per heavy atom. The standard InChI is InChI=1S/C11H21NO/c1-8-5-10(8)6-12-7-11(13)4-3-9(12)2/h8-11,13H,3-7H2,1-2H3/t8?,9-,10?,11-/m1/s1. The molecular formula is C11H21NO. The molecule has 0 radical (unpaired) electrons. The van der Waals surface area contributed by atoms with Crippen LogP contribution in [0.5, 0.6) is 0 Å². The molecule has 1 saturated heterocycles. The van der Waals surface area contributed by atoms with Crippen molar-refractivity contribution in [3.05, 3.63) is 0 Å². The summed E-state index contributed by atoms with van der Waals surface area (Å²) in [6.07, 6.45) is 3.50. The van der Waals surface area contributed by atoms with Crippen LogP contribution in [0.2, 0.25) is 0 Å². The van der Waals surface area contributed by atoms with E-state index in [-0.39, 0.29) is 6.10 Å². The predicted octanol–water partition coefficient (Wildman–Crippen LogP) is 1.49. The lowest BCUT2D eigenvalue weighted by atomic mass is 10.0. The van der Waals surface area contributed by atoms with Crippen molar-refractivity contribution in [3.63, 3.8) is 0 Å². The predicted molar refractivity (Wildman–Crippen MR) is 53.5 cm³/mol. The first-order valence-electron chi connectivity index (χ1n) is 5.59. The molecule has 4 atom stereocenters. The fraction of sp³-hybridized carbons (Fsp3) is 1.00. The number of rotatable bonds is 2. The molecule has 1 saturated carbocycles. The van der Waals surface area contributed by atoms with Crippen LogP contribution < -0.4 is 0 Å². The summed E-state index contributed by atoms with van der Waals surface area (Å²) >= 11 is 0. The van der Waals surface area contributed by atoms with Crippen LogP contribution in [0.1, 0.15) is 33.1 Å². The SMILES string of the molecule is CC1CC1CN1C[C@H](O)CC[C@H]1C. The highest BCUT2D eigenvalue weighted by Crippen LogP contribution is 2.39. The van der Waals surface area contributed by atoms with Crippen molar-refractivity contribution in [1.29, 1.82) is 0 Å². The van der Waals surface area contributed by atoms with Gasteiger partial charge in [-0.15, -0.1) is 0 Å². The molecule has 0 amide bonds. The normalized spacial score (nSPS) is 46.4. The van der Waals surface area contributed by atoms with E-state index < -0.39 is 0 Å². The number of aliphatic hydroxyl groups excluding tert-OH is 1. The first-order chi connectivity index (χ1) is 6.16. The van der Waals surface area contributed by atoms with Crippen molar-refractivity contribution in [2.24, 2.45) is 11.8 Å². The maximum absolute atomic E-state index is 9.55. The molecule has 0 spiro atoms. The van der Waals surface area contributed by atoms with Gasteiger partial charge in [0.15, 0.2) is 0 Å². The second-order valence-corrected chi connectivity index (χ2v) is 5.01. The van der Waals surface area contributed by atoms with Gasteiger partial charge in [-0.3, -0.25) is 4.90 Å². The summed E-state index contributed by atoms with van der Waals surface area (Å²) in [4.78, 5) is 2.47. The van der Waals surface area contributed by atoms with Crippen molar-refractivity contribution < 1.29 is 5.11 Å². The lowest BCUT2D eigenvalue weighted by Crippen LogP contribution is -2.45. The van der Waals surface area contributed by atoms with Gasteiger partial charge in [-0.2, -0.15) is 0 Å². The molecule has 0 aromatic rings. The molecule has 0 aromatic carbocycles. The Kier molecular flexibility index (Phi) is 2.61. The van der Waals surface area contributed by atoms with Crippen LogP contribution in [0.3, 0.4) is 0 Å². The Bertz CT molecular complexity index is 183. The molecule has 2 nitrogen and oxygen atoms in total. The van der Waals surface area contributed by atoms with Crippen molar-refractivity contribution >= 4 is 0 Å². The van der Waals surface area contributed by atoms with E-state index >= 15 is 0 Å². The van der Waals surface area contributed by atoms with E-state index in [1.165, 1.54) is 19.4 Å². The molecule has 2 unspecified atom stereocenters. The summed E-state index contributed by atoms with van der Waals surface area (Å²) in [7, 11) is 0. The molecule has 2 aliphatic rings. The highest BCUT2D eigenvalue weighted by atomic mass is 16.3. The maximum atomic E-state index is 9.55. The molecule has 1 aliphatic heterocycles. The zero-order chi connectivity index (χ0) is 9.42. The van der Waals surface area contributed by atoms with Gasteiger partial charge < -0.3 is 5.11 Å². The number of β-amino-alcohol motifs (C(OH)–C–C–N with tert-alkyl or cyclic N) is 1. The Morgan fingerprint density at radius 3 is 2.62 bits per heavy atom. The topological polar surface area (TPSA) is 23.5 Å². The quantitative estimate of drug-likeness (QED) is 0.701. The number of nitrogens with zero attached hydrogens (tertiary/aromatic N) is 1. The van der Waals surface area contributed by atoms with Crippen LogP contribution in [0, 0.1) is 11.8 Å². The third kappa shape index (κ3) is 2.23. The van der Waals surface area contributed by atoms with E-state index in [0.717, 1.165) is 24.8 Å². The van der Waals surface area contributed by atoms with Gasteiger partial charge in [0, 0.05) is 19.1 Å². The Balaban J connectivity index is 1.81. The minimum atomic E-state index is -0.0646. The zero-order valence-corrected chi connectivity index (χ0v) is 8.74. The number of likely N-dealkylation sites (tertiary alicyclic amines) is 1. The van der Waals surface area contributed by atoms with Gasteiger partial charge in [0.2, 0.25) is 0 Å². The van der Waals surface area contributed by atoms with Gasteiger partial charge in [-0.05, 0) is 38.0 Å². The molecule has 2 rings (SSSR count). The highest BCUT2D eigenvalue weighted by Gasteiger charge is 2.36. The lowest BCUT2D eigenvalue weighted by Gasteiger charge is -2.36. The first kappa shape index (κ1) is 9.47. The van der Waals surface area contributed by atoms with Gasteiger partial charge in [0.25, 0.3) is 0 Å². The largest absolute Gasteiger partial charge is 0.392 e. The summed E-state index contributed by atoms with van der Waals surface area (Å²) in [6.45, 7) is 6.75. The van der Waals surface area contributed by atoms with Crippen LogP contribution in [-0.4, -0.2) is 35.2 Å². The summed E-state index contributed by atoms with van der Waals surface area (Å²) in [6, 6.07) is 0.691. The van der Waals surface area contributed by atoms with Crippen molar-refractivity contribution in [2.75, 3.05) is 13.1 Å². The van der Waals surface area contributed by atoms with Crippen molar-refractivity contribution in [1.82, 2.24) is 4.90 Å². The average Bonchev–Trinajstić information content (AvgIpc) is 2.75. The molecule has 76 valence electrons. The number of hydrogen-bond donors (Lipinski definition) is 1. The minimum absolute atomic E-state index is 0.0646.